The van der Waals surface area contributed by atoms with E-state index in [4.69, 9.17) is 9.47 Å². The second kappa shape index (κ2) is 10.4. The maximum atomic E-state index is 13.3. The SMILES string of the molecule is CCOC(=O)c1c(-c2ccc([SiH](C)C)s2)sc2c(C(=O)OCC)c(-c3ccc([Si](C)(C)C)s3)sc12. The molecule has 4 rings (SSSR count). The van der Waals surface area contributed by atoms with Crippen molar-refractivity contribution in [2.24, 2.45) is 0 Å². The predicted octanol–water partition coefficient (Wildman–Crippen LogP) is 7.01. The standard InChI is InChI=1S/C25H30O4S4Si2/c1-8-28-24(26)18-20(14-10-12-16(30-14)34(3)4)32-23-19(25(27)29-9-2)21(33-22(18)23)15-11-13-17(31-15)35(5,6)7/h10-13,34H,8-9H2,1-7H3. The molecule has 0 radical (unpaired) electrons. The van der Waals surface area contributed by atoms with Crippen molar-refractivity contribution < 1.29 is 19.1 Å². The summed E-state index contributed by atoms with van der Waals surface area (Å²) in [6.45, 7) is 15.8. The average Bonchev–Trinajstić information content (AvgIpc) is 3.54. The molecule has 0 unspecified atom stereocenters. The van der Waals surface area contributed by atoms with Gasteiger partial charge in [0.15, 0.2) is 0 Å². The first kappa shape index (κ1) is 26.5. The summed E-state index contributed by atoms with van der Waals surface area (Å²) in [4.78, 5) is 30.4. The van der Waals surface area contributed by atoms with E-state index in [0.29, 0.717) is 24.3 Å². The Balaban J connectivity index is 1.98. The minimum atomic E-state index is -1.49. The van der Waals surface area contributed by atoms with Gasteiger partial charge in [0.05, 0.1) is 60.4 Å². The van der Waals surface area contributed by atoms with E-state index in [-0.39, 0.29) is 11.9 Å². The number of ether oxygens (including phenoxy) is 2. The molecule has 0 atom stereocenters. The van der Waals surface area contributed by atoms with Crippen LogP contribution < -0.4 is 9.00 Å². The highest BCUT2D eigenvalue weighted by molar-refractivity contribution is 7.36. The van der Waals surface area contributed by atoms with Crippen LogP contribution in [0.1, 0.15) is 34.6 Å². The molecule has 0 aliphatic carbocycles. The van der Waals surface area contributed by atoms with Crippen LogP contribution in [0.3, 0.4) is 0 Å². The molecule has 0 N–H and O–H groups in total. The van der Waals surface area contributed by atoms with Gasteiger partial charge >= 0.3 is 11.9 Å². The van der Waals surface area contributed by atoms with Crippen LogP contribution in [0.15, 0.2) is 24.3 Å². The van der Waals surface area contributed by atoms with Gasteiger partial charge in [-0.25, -0.2) is 9.59 Å². The summed E-state index contributed by atoms with van der Waals surface area (Å²) in [5, 5.41) is 0. The van der Waals surface area contributed by atoms with Crippen molar-refractivity contribution in [3.05, 3.63) is 35.4 Å². The first-order chi connectivity index (χ1) is 16.6. The maximum absolute atomic E-state index is 13.3. The molecular weight excluding hydrogens is 549 g/mol. The van der Waals surface area contributed by atoms with Crippen molar-refractivity contribution in [3.63, 3.8) is 0 Å². The first-order valence-electron chi connectivity index (χ1n) is 11.7. The molecule has 4 aromatic heterocycles. The smallest absolute Gasteiger partial charge is 0.341 e. The Labute approximate surface area is 225 Å². The number of rotatable bonds is 8. The largest absolute Gasteiger partial charge is 0.462 e. The number of hydrogen-bond acceptors (Lipinski definition) is 8. The summed E-state index contributed by atoms with van der Waals surface area (Å²) in [5.41, 5.74) is 1.15. The summed E-state index contributed by atoms with van der Waals surface area (Å²) in [7, 11) is -2.45. The second-order valence-corrected chi connectivity index (χ2v) is 22.5. The molecule has 10 heteroatoms. The van der Waals surface area contributed by atoms with Crippen molar-refractivity contribution in [2.45, 2.75) is 46.6 Å². The van der Waals surface area contributed by atoms with Gasteiger partial charge in [-0.15, -0.1) is 45.3 Å². The van der Waals surface area contributed by atoms with E-state index in [1.54, 1.807) is 22.7 Å². The fourth-order valence-corrected chi connectivity index (χ4v) is 12.2. The van der Waals surface area contributed by atoms with E-state index >= 15 is 0 Å². The second-order valence-electron chi connectivity index (χ2n) is 9.48. The molecule has 0 amide bonds. The number of esters is 2. The van der Waals surface area contributed by atoms with Gasteiger partial charge < -0.3 is 9.47 Å². The van der Waals surface area contributed by atoms with E-state index in [1.807, 2.05) is 13.8 Å². The molecule has 0 aliphatic rings. The van der Waals surface area contributed by atoms with Crippen LogP contribution in [-0.2, 0) is 9.47 Å². The third kappa shape index (κ3) is 5.14. The molecule has 4 nitrogen and oxygen atoms in total. The molecule has 4 aromatic rings. The number of carbonyl (C=O) groups is 2. The minimum absolute atomic E-state index is 0.302. The fourth-order valence-electron chi connectivity index (χ4n) is 3.71. The normalized spacial score (nSPS) is 12.0. The van der Waals surface area contributed by atoms with Crippen molar-refractivity contribution in [3.8, 4) is 19.5 Å². The Kier molecular flexibility index (Phi) is 7.89. The maximum Gasteiger partial charge on any atom is 0.341 e. The molecule has 35 heavy (non-hydrogen) atoms. The molecular formula is C25H30O4S4Si2. The van der Waals surface area contributed by atoms with Crippen LogP contribution in [0.2, 0.25) is 32.7 Å². The average molecular weight is 579 g/mol. The Hall–Kier alpha value is -1.57. The Morgan fingerprint density at radius 2 is 1.26 bits per heavy atom. The third-order valence-electron chi connectivity index (χ3n) is 5.47. The lowest BCUT2D eigenvalue weighted by atomic mass is 10.2. The zero-order chi connectivity index (χ0) is 25.5. The van der Waals surface area contributed by atoms with Crippen LogP contribution >= 0.6 is 45.3 Å². The van der Waals surface area contributed by atoms with Crippen LogP contribution in [-0.4, -0.2) is 42.0 Å². The van der Waals surface area contributed by atoms with Gasteiger partial charge in [0.2, 0.25) is 0 Å². The lowest BCUT2D eigenvalue weighted by Gasteiger charge is -2.12. The highest BCUT2D eigenvalue weighted by Gasteiger charge is 2.32. The van der Waals surface area contributed by atoms with E-state index in [9.17, 15) is 9.59 Å². The molecule has 0 bridgehead atoms. The fraction of sp³-hybridized carbons (Fsp3) is 0.360. The number of hydrogen-bond donors (Lipinski definition) is 0. The number of carbonyl (C=O) groups excluding carboxylic acids is 2. The van der Waals surface area contributed by atoms with E-state index in [1.165, 1.54) is 31.7 Å². The lowest BCUT2D eigenvalue weighted by molar-refractivity contribution is 0.0519. The van der Waals surface area contributed by atoms with Gasteiger partial charge in [-0.2, -0.15) is 0 Å². The Morgan fingerprint density at radius 3 is 1.66 bits per heavy atom. The molecule has 0 fully saturated rings. The monoisotopic (exact) mass is 578 g/mol. The molecule has 0 aliphatic heterocycles. The number of fused-ring (bicyclic) bond motifs is 1. The predicted molar refractivity (Wildman–Crippen MR) is 160 cm³/mol. The molecule has 4 heterocycles. The molecule has 0 spiro atoms. The lowest BCUT2D eigenvalue weighted by Crippen LogP contribution is -2.34. The first-order valence-corrected chi connectivity index (χ1v) is 21.4. The van der Waals surface area contributed by atoms with Gasteiger partial charge in [-0.3, -0.25) is 0 Å². The van der Waals surface area contributed by atoms with Crippen LogP contribution in [0.4, 0.5) is 0 Å². The molecule has 0 saturated carbocycles. The topological polar surface area (TPSA) is 52.6 Å². The highest BCUT2D eigenvalue weighted by atomic mass is 32.1. The van der Waals surface area contributed by atoms with Crippen molar-refractivity contribution in [1.29, 1.82) is 0 Å². The van der Waals surface area contributed by atoms with Gasteiger partial charge in [-0.1, -0.05) is 44.9 Å². The quantitative estimate of drug-likeness (QED) is 0.167. The van der Waals surface area contributed by atoms with Crippen molar-refractivity contribution in [1.82, 2.24) is 0 Å². The summed E-state index contributed by atoms with van der Waals surface area (Å²) in [6.07, 6.45) is 0. The summed E-state index contributed by atoms with van der Waals surface area (Å²) in [5.74, 6) is -0.663. The highest BCUT2D eigenvalue weighted by Crippen LogP contribution is 2.50. The molecule has 0 saturated heterocycles. The Bertz CT molecular complexity index is 1380. The molecule has 186 valence electrons. The van der Waals surface area contributed by atoms with Gasteiger partial charge in [0, 0.05) is 9.75 Å². The summed E-state index contributed by atoms with van der Waals surface area (Å²) >= 11 is 6.53. The van der Waals surface area contributed by atoms with Crippen LogP contribution in [0, 0.1) is 0 Å². The zero-order valence-electron chi connectivity index (χ0n) is 21.1. The van der Waals surface area contributed by atoms with Gasteiger partial charge in [0.25, 0.3) is 0 Å². The van der Waals surface area contributed by atoms with Crippen molar-refractivity contribution in [2.75, 3.05) is 13.2 Å². The summed E-state index contributed by atoms with van der Waals surface area (Å²) < 4.78 is 15.4. The number of thiophene rings is 4. The Morgan fingerprint density at radius 1 is 0.771 bits per heavy atom. The van der Waals surface area contributed by atoms with E-state index in [0.717, 1.165) is 28.9 Å². The van der Waals surface area contributed by atoms with Crippen LogP contribution in [0.25, 0.3) is 28.9 Å². The van der Waals surface area contributed by atoms with Crippen LogP contribution in [0.5, 0.6) is 0 Å². The third-order valence-corrected chi connectivity index (χ3v) is 17.1. The zero-order valence-corrected chi connectivity index (χ0v) is 26.5. The van der Waals surface area contributed by atoms with Crippen molar-refractivity contribution >= 4 is 92.6 Å². The molecule has 0 aromatic carbocycles. The van der Waals surface area contributed by atoms with E-state index < -0.39 is 16.9 Å². The van der Waals surface area contributed by atoms with E-state index in [2.05, 4.69) is 57.0 Å². The summed E-state index contributed by atoms with van der Waals surface area (Å²) in [6, 6.07) is 8.59. The van der Waals surface area contributed by atoms with Gasteiger partial charge in [-0.05, 0) is 35.0 Å². The van der Waals surface area contributed by atoms with Gasteiger partial charge in [0.1, 0.15) is 0 Å². The minimum Gasteiger partial charge on any atom is -0.462 e.